The van der Waals surface area contributed by atoms with E-state index in [-0.39, 0.29) is 0 Å². The van der Waals surface area contributed by atoms with Crippen molar-refractivity contribution in [2.75, 3.05) is 54.6 Å². The van der Waals surface area contributed by atoms with Gasteiger partial charge in [-0.1, -0.05) is 19.1 Å². The van der Waals surface area contributed by atoms with Crippen LogP contribution in [0.1, 0.15) is 57.4 Å². The molecule has 0 atom stereocenters. The second-order valence-electron chi connectivity index (χ2n) is 8.49. The first kappa shape index (κ1) is 22.3. The summed E-state index contributed by atoms with van der Waals surface area (Å²) in [4.78, 5) is 19.0. The molecule has 0 bridgehead atoms. The Bertz CT molecular complexity index is 855. The van der Waals surface area contributed by atoms with Crippen LogP contribution in [0.15, 0.2) is 29.4 Å². The summed E-state index contributed by atoms with van der Waals surface area (Å²) in [6, 6.07) is 7.96. The van der Waals surface area contributed by atoms with Crippen molar-refractivity contribution in [2.45, 2.75) is 51.9 Å². The molecule has 3 heterocycles. The van der Waals surface area contributed by atoms with Crippen molar-refractivity contribution in [3.8, 4) is 5.75 Å². The van der Waals surface area contributed by atoms with Crippen molar-refractivity contribution in [1.82, 2.24) is 15.0 Å². The Morgan fingerprint density at radius 3 is 2.09 bits per heavy atom. The van der Waals surface area contributed by atoms with Gasteiger partial charge in [0.05, 0.1) is 12.8 Å². The molecule has 2 saturated heterocycles. The molecule has 0 N–H and O–H groups in total. The minimum Gasteiger partial charge on any atom is -0.493 e. The molecule has 0 unspecified atom stereocenters. The molecule has 1 aromatic heterocycles. The van der Waals surface area contributed by atoms with Crippen LogP contribution in [-0.4, -0.2) is 61.0 Å². The maximum absolute atomic E-state index is 5.86. The lowest BCUT2D eigenvalue weighted by Gasteiger charge is -2.30. The number of hydrazone groups is 1. The summed E-state index contributed by atoms with van der Waals surface area (Å²) in [5.74, 6) is 2.95. The summed E-state index contributed by atoms with van der Waals surface area (Å²) in [6.45, 7) is 6.78. The third-order valence-electron chi connectivity index (χ3n) is 5.92. The topological polar surface area (TPSA) is 70.0 Å². The molecule has 0 aliphatic carbocycles. The summed E-state index contributed by atoms with van der Waals surface area (Å²) in [5.41, 5.74) is 0.939. The Kier molecular flexibility index (Phi) is 7.74. The molecule has 8 heteroatoms. The molecule has 32 heavy (non-hydrogen) atoms. The quantitative estimate of drug-likeness (QED) is 0.455. The number of nitrogens with zero attached hydrogens (tertiary/aromatic N) is 7. The van der Waals surface area contributed by atoms with Crippen LogP contribution in [-0.2, 0) is 0 Å². The van der Waals surface area contributed by atoms with Crippen molar-refractivity contribution in [3.63, 3.8) is 0 Å². The van der Waals surface area contributed by atoms with E-state index in [4.69, 9.17) is 19.7 Å². The largest absolute Gasteiger partial charge is 0.493 e. The van der Waals surface area contributed by atoms with Crippen LogP contribution in [0.4, 0.5) is 17.8 Å². The van der Waals surface area contributed by atoms with E-state index < -0.39 is 0 Å². The Balaban J connectivity index is 1.59. The van der Waals surface area contributed by atoms with Gasteiger partial charge in [0.1, 0.15) is 5.75 Å². The molecule has 1 aromatic carbocycles. The minimum absolute atomic E-state index is 0.573. The zero-order valence-electron chi connectivity index (χ0n) is 19.4. The van der Waals surface area contributed by atoms with E-state index in [1.807, 2.05) is 37.5 Å². The van der Waals surface area contributed by atoms with E-state index in [1.165, 1.54) is 38.5 Å². The van der Waals surface area contributed by atoms with Crippen molar-refractivity contribution in [3.05, 3.63) is 29.8 Å². The van der Waals surface area contributed by atoms with Crippen molar-refractivity contribution in [2.24, 2.45) is 5.10 Å². The van der Waals surface area contributed by atoms with E-state index in [1.54, 1.807) is 5.01 Å². The van der Waals surface area contributed by atoms with Gasteiger partial charge in [0.15, 0.2) is 0 Å². The fourth-order valence-corrected chi connectivity index (χ4v) is 4.09. The van der Waals surface area contributed by atoms with Crippen molar-refractivity contribution < 1.29 is 4.74 Å². The lowest BCUT2D eigenvalue weighted by molar-refractivity contribution is 0.317. The molecule has 2 aromatic rings. The number of aromatic nitrogens is 3. The Morgan fingerprint density at radius 2 is 1.50 bits per heavy atom. The molecule has 0 spiro atoms. The second kappa shape index (κ2) is 11.1. The van der Waals surface area contributed by atoms with Gasteiger partial charge in [-0.3, -0.25) is 0 Å². The standard InChI is InChI=1S/C24H35N7O/c1-3-18-32-21-13-7-6-12-20(21)19-25-29(2)22-26-23(30-14-8-4-9-15-30)28-24(27-22)31-16-10-5-11-17-31/h6-7,12-13,19H,3-5,8-11,14-18H2,1-2H3/b25-19-. The van der Waals surface area contributed by atoms with Gasteiger partial charge < -0.3 is 14.5 Å². The van der Waals surface area contributed by atoms with Gasteiger partial charge in [0.25, 0.3) is 5.95 Å². The molecular weight excluding hydrogens is 402 g/mol. The van der Waals surface area contributed by atoms with Gasteiger partial charge in [-0.15, -0.1) is 0 Å². The molecule has 0 radical (unpaired) electrons. The molecular formula is C24H35N7O. The summed E-state index contributed by atoms with van der Waals surface area (Å²) in [6.07, 6.45) is 10.1. The maximum Gasteiger partial charge on any atom is 0.252 e. The summed E-state index contributed by atoms with van der Waals surface area (Å²) in [5, 5.41) is 6.38. The maximum atomic E-state index is 5.86. The summed E-state index contributed by atoms with van der Waals surface area (Å²) >= 11 is 0. The highest BCUT2D eigenvalue weighted by Crippen LogP contribution is 2.24. The highest BCUT2D eigenvalue weighted by Gasteiger charge is 2.21. The number of hydrogen-bond donors (Lipinski definition) is 0. The van der Waals surface area contributed by atoms with Crippen molar-refractivity contribution >= 4 is 24.1 Å². The average Bonchev–Trinajstić information content (AvgIpc) is 2.87. The van der Waals surface area contributed by atoms with Gasteiger partial charge in [-0.2, -0.15) is 20.1 Å². The molecule has 2 aliphatic rings. The fourth-order valence-electron chi connectivity index (χ4n) is 4.09. The molecule has 0 saturated carbocycles. The smallest absolute Gasteiger partial charge is 0.252 e. The van der Waals surface area contributed by atoms with Crippen LogP contribution in [0, 0.1) is 0 Å². The normalized spacial score (nSPS) is 17.1. The minimum atomic E-state index is 0.573. The molecule has 172 valence electrons. The molecule has 4 rings (SSSR count). The third kappa shape index (κ3) is 5.66. The first-order valence-electron chi connectivity index (χ1n) is 12.0. The predicted molar refractivity (Wildman–Crippen MR) is 130 cm³/mol. The Hall–Kier alpha value is -2.90. The van der Waals surface area contributed by atoms with Crippen molar-refractivity contribution in [1.29, 1.82) is 0 Å². The first-order valence-corrected chi connectivity index (χ1v) is 12.0. The summed E-state index contributed by atoms with van der Waals surface area (Å²) in [7, 11) is 1.89. The van der Waals surface area contributed by atoms with E-state index in [9.17, 15) is 0 Å². The van der Waals surface area contributed by atoms with E-state index in [0.717, 1.165) is 55.8 Å². The van der Waals surface area contributed by atoms with E-state index >= 15 is 0 Å². The van der Waals surface area contributed by atoms with Crippen LogP contribution >= 0.6 is 0 Å². The lowest BCUT2D eigenvalue weighted by atomic mass is 10.1. The predicted octanol–water partition coefficient (Wildman–Crippen LogP) is 4.11. The number of hydrogen-bond acceptors (Lipinski definition) is 8. The average molecular weight is 438 g/mol. The molecule has 0 amide bonds. The zero-order chi connectivity index (χ0) is 22.2. The highest BCUT2D eigenvalue weighted by atomic mass is 16.5. The number of rotatable bonds is 8. The number of anilines is 3. The molecule has 2 fully saturated rings. The number of ether oxygens (including phenoxy) is 1. The van der Waals surface area contributed by atoms with E-state index in [2.05, 4.69) is 21.8 Å². The Labute approximate surface area is 191 Å². The SMILES string of the molecule is CCCOc1ccccc1/C=N\N(C)c1nc(N2CCCCC2)nc(N2CCCCC2)n1. The monoisotopic (exact) mass is 437 g/mol. The molecule has 2 aliphatic heterocycles. The highest BCUT2D eigenvalue weighted by molar-refractivity contribution is 5.84. The van der Waals surface area contributed by atoms with Crippen LogP contribution in [0.5, 0.6) is 5.75 Å². The summed E-state index contributed by atoms with van der Waals surface area (Å²) < 4.78 is 5.86. The van der Waals surface area contributed by atoms with Crippen LogP contribution in [0.25, 0.3) is 0 Å². The Morgan fingerprint density at radius 1 is 0.906 bits per heavy atom. The van der Waals surface area contributed by atoms with Gasteiger partial charge in [0, 0.05) is 38.8 Å². The zero-order valence-corrected chi connectivity index (χ0v) is 19.4. The van der Waals surface area contributed by atoms with E-state index in [0.29, 0.717) is 12.6 Å². The van der Waals surface area contributed by atoms with Gasteiger partial charge >= 0.3 is 0 Å². The number of piperidine rings is 2. The third-order valence-corrected chi connectivity index (χ3v) is 5.92. The van der Waals surface area contributed by atoms with Gasteiger partial charge in [-0.05, 0) is 57.1 Å². The second-order valence-corrected chi connectivity index (χ2v) is 8.49. The van der Waals surface area contributed by atoms with Crippen LogP contribution in [0.2, 0.25) is 0 Å². The van der Waals surface area contributed by atoms with Gasteiger partial charge in [0.2, 0.25) is 11.9 Å². The van der Waals surface area contributed by atoms with Gasteiger partial charge in [-0.25, -0.2) is 5.01 Å². The van der Waals surface area contributed by atoms with Crippen LogP contribution < -0.4 is 19.5 Å². The molecule has 8 nitrogen and oxygen atoms in total. The number of para-hydroxylation sites is 1. The first-order chi connectivity index (χ1) is 15.7. The fraction of sp³-hybridized carbons (Fsp3) is 0.583. The van der Waals surface area contributed by atoms with Crippen LogP contribution in [0.3, 0.4) is 0 Å². The lowest BCUT2D eigenvalue weighted by Crippen LogP contribution is -2.35. The number of benzene rings is 1.